The second-order valence-electron chi connectivity index (χ2n) is 6.55. The SMILES string of the molecule is O=S(=O)(O[N+]1=C2C(O)(CCCC23CCCC3)CC1)C(F)(F)F. The Kier molecular flexibility index (Phi) is 3.52. The zero-order chi connectivity index (χ0) is 16.2. The van der Waals surface area contributed by atoms with Crippen LogP contribution in [-0.4, -0.2) is 41.6 Å². The number of hydrogen-bond donors (Lipinski definition) is 1. The molecule has 0 aromatic carbocycles. The van der Waals surface area contributed by atoms with Crippen molar-refractivity contribution in [3.8, 4) is 0 Å². The van der Waals surface area contributed by atoms with Crippen molar-refractivity contribution >= 4 is 15.8 Å². The molecular formula is C13H19F3NO4S+. The van der Waals surface area contributed by atoms with Crippen LogP contribution in [-0.2, 0) is 14.4 Å². The second kappa shape index (κ2) is 4.83. The highest BCUT2D eigenvalue weighted by Crippen LogP contribution is 2.52. The van der Waals surface area contributed by atoms with Crippen LogP contribution < -0.4 is 0 Å². The summed E-state index contributed by atoms with van der Waals surface area (Å²) >= 11 is 0. The molecule has 2 saturated carbocycles. The highest BCUT2D eigenvalue weighted by molar-refractivity contribution is 7.87. The number of aliphatic hydroxyl groups is 1. The van der Waals surface area contributed by atoms with Gasteiger partial charge in [0.1, 0.15) is 0 Å². The Morgan fingerprint density at radius 2 is 1.64 bits per heavy atom. The minimum atomic E-state index is -5.71. The van der Waals surface area contributed by atoms with Crippen LogP contribution in [0.2, 0.25) is 0 Å². The van der Waals surface area contributed by atoms with E-state index in [1.807, 2.05) is 0 Å². The molecule has 0 saturated heterocycles. The Labute approximate surface area is 126 Å². The van der Waals surface area contributed by atoms with Crippen molar-refractivity contribution in [1.82, 2.24) is 0 Å². The van der Waals surface area contributed by atoms with Crippen molar-refractivity contribution < 1.29 is 35.7 Å². The number of nitrogens with zero attached hydrogens (tertiary/aromatic N) is 1. The summed E-state index contributed by atoms with van der Waals surface area (Å²) in [5.74, 6) is 0. The Balaban J connectivity index is 2.03. The summed E-state index contributed by atoms with van der Waals surface area (Å²) in [7, 11) is -5.71. The molecule has 2 aliphatic carbocycles. The van der Waals surface area contributed by atoms with Gasteiger partial charge in [-0.15, -0.1) is 4.28 Å². The third-order valence-electron chi connectivity index (χ3n) is 5.20. The average Bonchev–Trinajstić information content (AvgIpc) is 2.95. The van der Waals surface area contributed by atoms with Gasteiger partial charge in [0.25, 0.3) is 0 Å². The number of fused-ring (bicyclic) bond motifs is 2. The molecule has 0 bridgehead atoms. The third-order valence-corrected chi connectivity index (χ3v) is 6.14. The van der Waals surface area contributed by atoms with E-state index in [0.29, 0.717) is 12.1 Å². The van der Waals surface area contributed by atoms with E-state index >= 15 is 0 Å². The topological polar surface area (TPSA) is 66.6 Å². The van der Waals surface area contributed by atoms with E-state index in [2.05, 4.69) is 4.28 Å². The maximum atomic E-state index is 12.6. The summed E-state index contributed by atoms with van der Waals surface area (Å²) < 4.78 is 65.5. The normalized spacial score (nSPS) is 31.6. The number of rotatable bonds is 2. The van der Waals surface area contributed by atoms with Crippen LogP contribution in [0.4, 0.5) is 13.2 Å². The Hall–Kier alpha value is -0.830. The van der Waals surface area contributed by atoms with Crippen molar-refractivity contribution in [2.24, 2.45) is 5.41 Å². The summed E-state index contributed by atoms with van der Waals surface area (Å²) in [4.78, 5) is 0. The molecule has 2 fully saturated rings. The first-order chi connectivity index (χ1) is 10.1. The highest BCUT2D eigenvalue weighted by atomic mass is 32.2. The van der Waals surface area contributed by atoms with Crippen LogP contribution in [0.25, 0.3) is 0 Å². The molecule has 1 aliphatic heterocycles. The Morgan fingerprint density at radius 1 is 1.05 bits per heavy atom. The average molecular weight is 342 g/mol. The lowest BCUT2D eigenvalue weighted by atomic mass is 9.65. The predicted molar refractivity (Wildman–Crippen MR) is 70.5 cm³/mol. The number of alkyl halides is 3. The first-order valence-corrected chi connectivity index (χ1v) is 8.89. The molecule has 3 rings (SSSR count). The summed E-state index contributed by atoms with van der Waals surface area (Å²) in [5, 5.41) is 10.8. The molecule has 1 atom stereocenters. The molecule has 126 valence electrons. The molecule has 0 aromatic heterocycles. The monoisotopic (exact) mass is 342 g/mol. The van der Waals surface area contributed by atoms with Crippen LogP contribution in [0.15, 0.2) is 0 Å². The van der Waals surface area contributed by atoms with Crippen LogP contribution in [0.5, 0.6) is 0 Å². The fraction of sp³-hybridized carbons (Fsp3) is 0.923. The fourth-order valence-corrected chi connectivity index (χ4v) is 4.83. The molecule has 3 aliphatic rings. The fourth-order valence-electron chi connectivity index (χ4n) is 4.36. The molecule has 9 heteroatoms. The molecule has 0 aromatic rings. The van der Waals surface area contributed by atoms with Crippen LogP contribution in [0, 0.1) is 5.41 Å². The third kappa shape index (κ3) is 2.33. The van der Waals surface area contributed by atoms with Crippen LogP contribution in [0.1, 0.15) is 51.4 Å². The van der Waals surface area contributed by atoms with Crippen molar-refractivity contribution in [2.75, 3.05) is 6.54 Å². The Morgan fingerprint density at radius 3 is 2.23 bits per heavy atom. The van der Waals surface area contributed by atoms with Gasteiger partial charge in [0, 0.05) is 0 Å². The lowest BCUT2D eigenvalue weighted by molar-refractivity contribution is -0.742. The standard InChI is InChI=1S/C13H19F3NO4S/c14-13(15,16)22(19,20)21-17-9-8-12(18)7-3-6-11(10(12)17)4-1-2-5-11/h18H,1-9H2/q+1. The molecule has 1 unspecified atom stereocenters. The summed E-state index contributed by atoms with van der Waals surface area (Å²) in [6.07, 6.45) is 5.58. The summed E-state index contributed by atoms with van der Waals surface area (Å²) in [5.41, 5.74) is -6.75. The van der Waals surface area contributed by atoms with Crippen molar-refractivity contribution in [3.05, 3.63) is 0 Å². The minimum Gasteiger partial charge on any atom is -0.379 e. The molecule has 0 amide bonds. The van der Waals surface area contributed by atoms with Gasteiger partial charge in [-0.1, -0.05) is 12.8 Å². The number of halogens is 3. The van der Waals surface area contributed by atoms with Gasteiger partial charge in [0.05, 0.1) is 11.8 Å². The molecular weight excluding hydrogens is 323 g/mol. The predicted octanol–water partition coefficient (Wildman–Crippen LogP) is 2.10. The highest BCUT2D eigenvalue weighted by Gasteiger charge is 2.63. The van der Waals surface area contributed by atoms with Crippen molar-refractivity contribution in [3.63, 3.8) is 0 Å². The number of hydroxylamine groups is 1. The van der Waals surface area contributed by atoms with E-state index in [1.165, 1.54) is 0 Å². The molecule has 5 nitrogen and oxygen atoms in total. The molecule has 1 N–H and O–H groups in total. The van der Waals surface area contributed by atoms with Crippen LogP contribution in [0.3, 0.4) is 0 Å². The maximum absolute atomic E-state index is 12.6. The molecule has 1 heterocycles. The van der Waals surface area contributed by atoms with Gasteiger partial charge < -0.3 is 5.11 Å². The van der Waals surface area contributed by atoms with Gasteiger partial charge in [0.15, 0.2) is 12.1 Å². The number of hydrogen-bond acceptors (Lipinski definition) is 4. The van der Waals surface area contributed by atoms with Gasteiger partial charge in [-0.2, -0.15) is 21.6 Å². The lowest BCUT2D eigenvalue weighted by Crippen LogP contribution is -2.51. The van der Waals surface area contributed by atoms with E-state index in [9.17, 15) is 26.7 Å². The minimum absolute atomic E-state index is 0.0388. The first kappa shape index (κ1) is 16.0. The smallest absolute Gasteiger partial charge is 0.379 e. The molecule has 1 spiro atoms. The molecule has 22 heavy (non-hydrogen) atoms. The molecule has 0 radical (unpaired) electrons. The zero-order valence-electron chi connectivity index (χ0n) is 12.0. The van der Waals surface area contributed by atoms with E-state index in [0.717, 1.165) is 43.3 Å². The lowest BCUT2D eigenvalue weighted by Gasteiger charge is -2.37. The van der Waals surface area contributed by atoms with Crippen LogP contribution >= 0.6 is 0 Å². The van der Waals surface area contributed by atoms with E-state index < -0.39 is 26.6 Å². The van der Waals surface area contributed by atoms with Gasteiger partial charge in [0.2, 0.25) is 5.71 Å². The van der Waals surface area contributed by atoms with Crippen molar-refractivity contribution in [2.45, 2.75) is 62.5 Å². The quantitative estimate of drug-likeness (QED) is 0.616. The van der Waals surface area contributed by atoms with E-state index in [-0.39, 0.29) is 13.0 Å². The Bertz CT molecular complexity index is 607. The first-order valence-electron chi connectivity index (χ1n) is 7.48. The summed E-state index contributed by atoms with van der Waals surface area (Å²) in [6, 6.07) is 0. The van der Waals surface area contributed by atoms with Gasteiger partial charge in [-0.05, 0) is 36.8 Å². The second-order valence-corrected chi connectivity index (χ2v) is 8.07. The summed E-state index contributed by atoms with van der Waals surface area (Å²) in [6.45, 7) is -0.0388. The van der Waals surface area contributed by atoms with Crippen molar-refractivity contribution in [1.29, 1.82) is 0 Å². The van der Waals surface area contributed by atoms with E-state index in [4.69, 9.17) is 0 Å². The van der Waals surface area contributed by atoms with Gasteiger partial charge in [-0.3, -0.25) is 0 Å². The van der Waals surface area contributed by atoms with E-state index in [1.54, 1.807) is 0 Å². The van der Waals surface area contributed by atoms with Gasteiger partial charge in [-0.25, -0.2) is 0 Å². The zero-order valence-corrected chi connectivity index (χ0v) is 12.8. The maximum Gasteiger partial charge on any atom is 0.540 e. The van der Waals surface area contributed by atoms with Gasteiger partial charge >= 0.3 is 15.6 Å². The largest absolute Gasteiger partial charge is 0.540 e.